The Balaban J connectivity index is 2.08. The number of fused-ring (bicyclic) bond motifs is 1. The summed E-state index contributed by atoms with van der Waals surface area (Å²) in [6.45, 7) is 1.07. The van der Waals surface area contributed by atoms with Crippen molar-refractivity contribution in [1.82, 2.24) is 14.5 Å². The van der Waals surface area contributed by atoms with Gasteiger partial charge < -0.3 is 10.3 Å². The third kappa shape index (κ3) is 1.82. The molecule has 1 aliphatic rings. The molecule has 3 rings (SSSR count). The maximum Gasteiger partial charge on any atom is 0.0512 e. The summed E-state index contributed by atoms with van der Waals surface area (Å²) >= 11 is 0. The van der Waals surface area contributed by atoms with Crippen LogP contribution in [-0.4, -0.2) is 34.1 Å². The van der Waals surface area contributed by atoms with Crippen LogP contribution in [0.5, 0.6) is 0 Å². The van der Waals surface area contributed by atoms with Crippen LogP contribution in [0.3, 0.4) is 0 Å². The van der Waals surface area contributed by atoms with E-state index in [1.165, 1.54) is 16.5 Å². The fourth-order valence-corrected chi connectivity index (χ4v) is 3.00. The molecule has 0 bridgehead atoms. The number of nitrogens with two attached hydrogens (primary N) is 1. The fraction of sp³-hybridized carbons (Fsp3) is 0.500. The van der Waals surface area contributed by atoms with E-state index in [1.54, 1.807) is 0 Å². The molecule has 0 aliphatic carbocycles. The predicted molar refractivity (Wildman–Crippen MR) is 73.3 cm³/mol. The van der Waals surface area contributed by atoms with E-state index in [1.807, 2.05) is 12.4 Å². The molecule has 96 valence electrons. The Labute approximate surface area is 107 Å². The molecular weight excluding hydrogens is 224 g/mol. The summed E-state index contributed by atoms with van der Waals surface area (Å²) in [5.41, 5.74) is 8.73. The van der Waals surface area contributed by atoms with Crippen LogP contribution in [0.2, 0.25) is 0 Å². The summed E-state index contributed by atoms with van der Waals surface area (Å²) < 4.78 is 2.18. The van der Waals surface area contributed by atoms with Gasteiger partial charge in [-0.15, -0.1) is 0 Å². The van der Waals surface area contributed by atoms with E-state index < -0.39 is 0 Å². The molecule has 0 radical (unpaired) electrons. The van der Waals surface area contributed by atoms with Crippen molar-refractivity contribution >= 4 is 10.9 Å². The van der Waals surface area contributed by atoms with Gasteiger partial charge in [0.1, 0.15) is 0 Å². The number of likely N-dealkylation sites (tertiary alicyclic amines) is 1. The number of hydrogen-bond donors (Lipinski definition) is 1. The first kappa shape index (κ1) is 11.7. The molecule has 2 N–H and O–H groups in total. The molecule has 1 saturated heterocycles. The number of aryl methyl sites for hydroxylation is 1. The maximum absolute atomic E-state index is 6.13. The van der Waals surface area contributed by atoms with Crippen LogP contribution in [0.15, 0.2) is 24.7 Å². The largest absolute Gasteiger partial charge is 0.350 e. The van der Waals surface area contributed by atoms with Gasteiger partial charge in [-0.1, -0.05) is 0 Å². The van der Waals surface area contributed by atoms with Crippen molar-refractivity contribution < 1.29 is 0 Å². The molecule has 18 heavy (non-hydrogen) atoms. The van der Waals surface area contributed by atoms with E-state index in [-0.39, 0.29) is 0 Å². The van der Waals surface area contributed by atoms with Gasteiger partial charge in [0.25, 0.3) is 0 Å². The van der Waals surface area contributed by atoms with E-state index in [0.29, 0.717) is 12.1 Å². The Hall–Kier alpha value is -1.39. The number of pyridine rings is 1. The summed E-state index contributed by atoms with van der Waals surface area (Å²) in [5.74, 6) is 0. The van der Waals surface area contributed by atoms with Crippen LogP contribution in [0, 0.1) is 0 Å². The third-order valence-corrected chi connectivity index (χ3v) is 4.09. The number of nitrogens with zero attached hydrogens (tertiary/aromatic N) is 3. The lowest BCUT2D eigenvalue weighted by Crippen LogP contribution is -2.39. The highest BCUT2D eigenvalue weighted by Gasteiger charge is 2.27. The molecule has 0 saturated carbocycles. The monoisotopic (exact) mass is 244 g/mol. The van der Waals surface area contributed by atoms with Crippen molar-refractivity contribution in [2.24, 2.45) is 12.8 Å². The minimum Gasteiger partial charge on any atom is -0.350 e. The molecule has 2 aromatic rings. The minimum atomic E-state index is 0.318. The van der Waals surface area contributed by atoms with Crippen molar-refractivity contribution in [3.05, 3.63) is 30.2 Å². The lowest BCUT2D eigenvalue weighted by atomic mass is 9.93. The third-order valence-electron chi connectivity index (χ3n) is 4.09. The molecule has 3 heterocycles. The van der Waals surface area contributed by atoms with Gasteiger partial charge in [-0.3, -0.25) is 9.88 Å². The lowest BCUT2D eigenvalue weighted by molar-refractivity contribution is 0.172. The summed E-state index contributed by atoms with van der Waals surface area (Å²) in [4.78, 5) is 6.67. The highest BCUT2D eigenvalue weighted by molar-refractivity contribution is 5.83. The van der Waals surface area contributed by atoms with Crippen molar-refractivity contribution in [3.8, 4) is 0 Å². The summed E-state index contributed by atoms with van der Waals surface area (Å²) in [5, 5.41) is 1.26. The van der Waals surface area contributed by atoms with Gasteiger partial charge in [-0.25, -0.2) is 0 Å². The van der Waals surface area contributed by atoms with E-state index in [2.05, 4.69) is 40.8 Å². The number of piperidine rings is 1. The fourth-order valence-electron chi connectivity index (χ4n) is 3.00. The first-order valence-electron chi connectivity index (χ1n) is 6.51. The second-order valence-electron chi connectivity index (χ2n) is 5.37. The highest BCUT2D eigenvalue weighted by Crippen LogP contribution is 2.34. The predicted octanol–water partition coefficient (Wildman–Crippen LogP) is 1.67. The van der Waals surface area contributed by atoms with Gasteiger partial charge in [0.05, 0.1) is 5.52 Å². The Bertz CT molecular complexity index is 560. The zero-order valence-electron chi connectivity index (χ0n) is 11.0. The van der Waals surface area contributed by atoms with Crippen LogP contribution in [0.4, 0.5) is 0 Å². The molecule has 0 amide bonds. The average Bonchev–Trinajstić information content (AvgIpc) is 2.71. The highest BCUT2D eigenvalue weighted by atomic mass is 15.1. The van der Waals surface area contributed by atoms with E-state index in [0.717, 1.165) is 19.4 Å². The Morgan fingerprint density at radius 1 is 1.39 bits per heavy atom. The molecule has 4 nitrogen and oxygen atoms in total. The van der Waals surface area contributed by atoms with Gasteiger partial charge in [-0.05, 0) is 38.1 Å². The van der Waals surface area contributed by atoms with Gasteiger partial charge in [0.15, 0.2) is 0 Å². The standard InChI is InChI=1S/C14H20N4/c1-17-6-4-10(15)7-14(17)12-9-18(2)13-3-5-16-8-11(12)13/h3,5,8-10,14H,4,6-7,15H2,1-2H3. The van der Waals surface area contributed by atoms with Crippen LogP contribution < -0.4 is 5.73 Å². The zero-order valence-corrected chi connectivity index (χ0v) is 11.0. The second-order valence-corrected chi connectivity index (χ2v) is 5.37. The van der Waals surface area contributed by atoms with Gasteiger partial charge >= 0.3 is 0 Å². The quantitative estimate of drug-likeness (QED) is 0.830. The Kier molecular flexibility index (Phi) is 2.84. The molecule has 0 aromatic carbocycles. The maximum atomic E-state index is 6.13. The summed E-state index contributed by atoms with van der Waals surface area (Å²) in [6.07, 6.45) is 8.17. The summed E-state index contributed by atoms with van der Waals surface area (Å²) in [7, 11) is 4.28. The van der Waals surface area contributed by atoms with E-state index >= 15 is 0 Å². The van der Waals surface area contributed by atoms with Crippen molar-refractivity contribution in [2.75, 3.05) is 13.6 Å². The Morgan fingerprint density at radius 2 is 2.22 bits per heavy atom. The Morgan fingerprint density at radius 3 is 3.06 bits per heavy atom. The van der Waals surface area contributed by atoms with Crippen LogP contribution in [0.25, 0.3) is 10.9 Å². The topological polar surface area (TPSA) is 47.1 Å². The molecule has 4 heteroatoms. The molecule has 0 spiro atoms. The summed E-state index contributed by atoms with van der Waals surface area (Å²) in [6, 6.07) is 2.81. The average molecular weight is 244 g/mol. The van der Waals surface area contributed by atoms with Crippen molar-refractivity contribution in [1.29, 1.82) is 0 Å². The first-order valence-corrected chi connectivity index (χ1v) is 6.51. The number of hydrogen-bond acceptors (Lipinski definition) is 3. The van der Waals surface area contributed by atoms with Crippen LogP contribution in [-0.2, 0) is 7.05 Å². The first-order chi connectivity index (χ1) is 8.66. The van der Waals surface area contributed by atoms with Crippen LogP contribution >= 0.6 is 0 Å². The zero-order chi connectivity index (χ0) is 12.7. The molecular formula is C14H20N4. The molecule has 2 unspecified atom stereocenters. The molecule has 1 aliphatic heterocycles. The number of rotatable bonds is 1. The number of aromatic nitrogens is 2. The second kappa shape index (κ2) is 4.37. The van der Waals surface area contributed by atoms with Gasteiger partial charge in [0.2, 0.25) is 0 Å². The van der Waals surface area contributed by atoms with E-state index in [4.69, 9.17) is 5.73 Å². The van der Waals surface area contributed by atoms with Crippen molar-refractivity contribution in [2.45, 2.75) is 24.9 Å². The SMILES string of the molecule is CN1CCC(N)CC1c1cn(C)c2ccncc12. The van der Waals surface area contributed by atoms with Crippen molar-refractivity contribution in [3.63, 3.8) is 0 Å². The van der Waals surface area contributed by atoms with E-state index in [9.17, 15) is 0 Å². The molecule has 2 atom stereocenters. The lowest BCUT2D eigenvalue weighted by Gasteiger charge is -2.35. The minimum absolute atomic E-state index is 0.318. The molecule has 2 aromatic heterocycles. The normalized spacial score (nSPS) is 25.7. The van der Waals surface area contributed by atoms with Gasteiger partial charge in [0, 0.05) is 43.1 Å². The molecule has 1 fully saturated rings. The smallest absolute Gasteiger partial charge is 0.0512 e. The van der Waals surface area contributed by atoms with Crippen LogP contribution in [0.1, 0.15) is 24.4 Å². The van der Waals surface area contributed by atoms with Gasteiger partial charge in [-0.2, -0.15) is 0 Å².